The molecule has 1 saturated heterocycles. The molecule has 1 fully saturated rings. The smallest absolute Gasteiger partial charge is 0.321 e. The number of carbonyl (C=O) groups is 1. The zero-order valence-corrected chi connectivity index (χ0v) is 15.3. The normalized spacial score (nSPS) is 21.4. The summed E-state index contributed by atoms with van der Waals surface area (Å²) >= 11 is 0. The zero-order chi connectivity index (χ0) is 18.3. The number of rotatable bonds is 2. The average molecular weight is 351 g/mol. The predicted octanol–water partition coefficient (Wildman–Crippen LogP) is 3.62. The van der Waals surface area contributed by atoms with Crippen LogP contribution in [0.1, 0.15) is 43.4 Å². The van der Waals surface area contributed by atoms with Gasteiger partial charge in [-0.15, -0.1) is 0 Å². The van der Waals surface area contributed by atoms with Gasteiger partial charge in [0.15, 0.2) is 0 Å². The number of hydrogen-bond donors (Lipinski definition) is 1. The summed E-state index contributed by atoms with van der Waals surface area (Å²) in [6.07, 6.45) is 1.05. The molecule has 0 spiro atoms. The van der Waals surface area contributed by atoms with Crippen molar-refractivity contribution in [2.75, 3.05) is 18.4 Å². The van der Waals surface area contributed by atoms with Gasteiger partial charge in [0.2, 0.25) is 0 Å². The Bertz CT molecular complexity index is 870. The molecule has 3 heterocycles. The Hall–Kier alpha value is -2.56. The van der Waals surface area contributed by atoms with E-state index in [1.54, 1.807) is 6.07 Å². The van der Waals surface area contributed by atoms with Crippen LogP contribution in [0.2, 0.25) is 0 Å². The first-order valence-electron chi connectivity index (χ1n) is 9.37. The van der Waals surface area contributed by atoms with Crippen LogP contribution < -0.4 is 10.9 Å². The number of pyridine rings is 1. The fourth-order valence-corrected chi connectivity index (χ4v) is 4.22. The van der Waals surface area contributed by atoms with E-state index in [1.165, 1.54) is 5.56 Å². The summed E-state index contributed by atoms with van der Waals surface area (Å²) in [5, 5.41) is 3.02. The Morgan fingerprint density at radius 2 is 1.85 bits per heavy atom. The highest BCUT2D eigenvalue weighted by molar-refractivity contribution is 5.89. The molecule has 2 aliphatic rings. The Labute approximate surface area is 153 Å². The molecule has 1 N–H and O–H groups in total. The molecule has 2 aliphatic heterocycles. The van der Waals surface area contributed by atoms with Crippen molar-refractivity contribution in [3.8, 4) is 0 Å². The molecular formula is C21H25N3O2. The third-order valence-corrected chi connectivity index (χ3v) is 5.60. The summed E-state index contributed by atoms with van der Waals surface area (Å²) < 4.78 is 1.89. The molecule has 2 amide bonds. The van der Waals surface area contributed by atoms with E-state index >= 15 is 0 Å². The van der Waals surface area contributed by atoms with Gasteiger partial charge in [-0.05, 0) is 42.0 Å². The second-order valence-electron chi connectivity index (χ2n) is 7.81. The standard InChI is InChI=1S/C21H25N3O2/c1-14(2)16-6-8-18(9-7-16)22-21(26)23-11-15-10-17(13-23)19-4-3-5-20(25)24(19)12-15/h3-9,14-15,17H,10-13H2,1-2H3,(H,22,26)/t15-,17+/m0/s1. The molecule has 4 rings (SSSR count). The lowest BCUT2D eigenvalue weighted by Gasteiger charge is -2.42. The number of amides is 2. The average Bonchev–Trinajstić information content (AvgIpc) is 2.63. The number of carbonyl (C=O) groups excluding carboxylic acids is 1. The van der Waals surface area contributed by atoms with Gasteiger partial charge in [-0.3, -0.25) is 4.79 Å². The molecule has 26 heavy (non-hydrogen) atoms. The number of nitrogens with zero attached hydrogens (tertiary/aromatic N) is 2. The van der Waals surface area contributed by atoms with E-state index in [9.17, 15) is 9.59 Å². The van der Waals surface area contributed by atoms with Crippen molar-refractivity contribution >= 4 is 11.7 Å². The number of nitrogens with one attached hydrogen (secondary N) is 1. The monoisotopic (exact) mass is 351 g/mol. The number of likely N-dealkylation sites (tertiary alicyclic amines) is 1. The lowest BCUT2D eigenvalue weighted by atomic mass is 9.83. The second-order valence-corrected chi connectivity index (χ2v) is 7.81. The quantitative estimate of drug-likeness (QED) is 0.898. The van der Waals surface area contributed by atoms with E-state index in [4.69, 9.17) is 0 Å². The highest BCUT2D eigenvalue weighted by Crippen LogP contribution is 2.35. The van der Waals surface area contributed by atoms with Crippen LogP contribution in [0.5, 0.6) is 0 Å². The van der Waals surface area contributed by atoms with Gasteiger partial charge in [0.05, 0.1) is 0 Å². The number of fused-ring (bicyclic) bond motifs is 4. The molecule has 1 aromatic heterocycles. The molecule has 0 saturated carbocycles. The summed E-state index contributed by atoms with van der Waals surface area (Å²) in [7, 11) is 0. The molecule has 136 valence electrons. The first-order valence-corrected chi connectivity index (χ1v) is 9.37. The lowest BCUT2D eigenvalue weighted by molar-refractivity contribution is 0.139. The highest BCUT2D eigenvalue weighted by atomic mass is 16.2. The Balaban J connectivity index is 1.48. The van der Waals surface area contributed by atoms with Crippen LogP contribution >= 0.6 is 0 Å². The van der Waals surface area contributed by atoms with Crippen LogP contribution in [0.25, 0.3) is 0 Å². The van der Waals surface area contributed by atoms with Crippen LogP contribution in [0.15, 0.2) is 47.3 Å². The molecule has 2 aromatic rings. The van der Waals surface area contributed by atoms with Crippen LogP contribution in [0, 0.1) is 5.92 Å². The molecule has 0 unspecified atom stereocenters. The molecule has 5 heteroatoms. The third kappa shape index (κ3) is 3.14. The molecular weight excluding hydrogens is 326 g/mol. The molecule has 0 radical (unpaired) electrons. The minimum atomic E-state index is -0.0521. The van der Waals surface area contributed by atoms with Gasteiger partial charge in [-0.25, -0.2) is 4.79 Å². The maximum absolute atomic E-state index is 12.7. The number of urea groups is 1. The summed E-state index contributed by atoms with van der Waals surface area (Å²) in [5.74, 6) is 1.06. The largest absolute Gasteiger partial charge is 0.324 e. The van der Waals surface area contributed by atoms with Gasteiger partial charge in [0.1, 0.15) is 0 Å². The molecule has 1 aromatic carbocycles. The van der Waals surface area contributed by atoms with Gasteiger partial charge >= 0.3 is 6.03 Å². The van der Waals surface area contributed by atoms with E-state index in [1.807, 2.05) is 33.7 Å². The predicted molar refractivity (Wildman–Crippen MR) is 103 cm³/mol. The van der Waals surface area contributed by atoms with Gasteiger partial charge in [0, 0.05) is 43.0 Å². The third-order valence-electron chi connectivity index (χ3n) is 5.60. The maximum Gasteiger partial charge on any atom is 0.321 e. The van der Waals surface area contributed by atoms with Gasteiger partial charge in [-0.2, -0.15) is 0 Å². The summed E-state index contributed by atoms with van der Waals surface area (Å²) in [6.45, 7) is 6.38. The number of hydrogen-bond acceptors (Lipinski definition) is 2. The van der Waals surface area contributed by atoms with E-state index in [-0.39, 0.29) is 17.5 Å². The summed E-state index contributed by atoms with van der Waals surface area (Å²) in [5.41, 5.74) is 3.22. The second kappa shape index (κ2) is 6.63. The topological polar surface area (TPSA) is 54.3 Å². The van der Waals surface area contributed by atoms with Crippen molar-refractivity contribution < 1.29 is 4.79 Å². The van der Waals surface area contributed by atoms with Crippen molar-refractivity contribution in [1.29, 1.82) is 0 Å². The van der Waals surface area contributed by atoms with Crippen molar-refractivity contribution in [2.24, 2.45) is 5.92 Å². The summed E-state index contributed by atoms with van der Waals surface area (Å²) in [6, 6.07) is 13.5. The van der Waals surface area contributed by atoms with Crippen LogP contribution in [0.3, 0.4) is 0 Å². The summed E-state index contributed by atoms with van der Waals surface area (Å²) in [4.78, 5) is 26.7. The Morgan fingerprint density at radius 1 is 1.08 bits per heavy atom. The number of anilines is 1. The first kappa shape index (κ1) is 16.9. The Morgan fingerprint density at radius 3 is 2.58 bits per heavy atom. The lowest BCUT2D eigenvalue weighted by Crippen LogP contribution is -2.50. The van der Waals surface area contributed by atoms with E-state index in [0.717, 1.165) is 17.8 Å². The van der Waals surface area contributed by atoms with Crippen LogP contribution in [0.4, 0.5) is 10.5 Å². The fraction of sp³-hybridized carbons (Fsp3) is 0.429. The van der Waals surface area contributed by atoms with Crippen molar-refractivity contribution in [1.82, 2.24) is 9.47 Å². The molecule has 0 aliphatic carbocycles. The van der Waals surface area contributed by atoms with Gasteiger partial charge < -0.3 is 14.8 Å². The van der Waals surface area contributed by atoms with Crippen molar-refractivity contribution in [3.63, 3.8) is 0 Å². The van der Waals surface area contributed by atoms with E-state index in [2.05, 4.69) is 31.3 Å². The fourth-order valence-electron chi connectivity index (χ4n) is 4.22. The maximum atomic E-state index is 12.7. The number of benzene rings is 1. The number of piperidine rings is 1. The highest BCUT2D eigenvalue weighted by Gasteiger charge is 2.36. The molecule has 2 bridgehead atoms. The zero-order valence-electron chi connectivity index (χ0n) is 15.3. The molecule has 5 nitrogen and oxygen atoms in total. The first-order chi connectivity index (χ1) is 12.5. The molecule has 2 atom stereocenters. The minimum Gasteiger partial charge on any atom is -0.324 e. The van der Waals surface area contributed by atoms with Crippen LogP contribution in [-0.2, 0) is 6.54 Å². The van der Waals surface area contributed by atoms with Crippen molar-refractivity contribution in [3.05, 3.63) is 64.1 Å². The SMILES string of the molecule is CC(C)c1ccc(NC(=O)N2C[C@@H]3C[C@H](C2)c2cccc(=O)n2C3)cc1. The minimum absolute atomic E-state index is 0.0521. The van der Waals surface area contributed by atoms with Gasteiger partial charge in [-0.1, -0.05) is 32.0 Å². The van der Waals surface area contributed by atoms with E-state index < -0.39 is 0 Å². The van der Waals surface area contributed by atoms with Gasteiger partial charge in [0.25, 0.3) is 5.56 Å². The van der Waals surface area contributed by atoms with Crippen molar-refractivity contribution in [2.45, 2.75) is 38.6 Å². The van der Waals surface area contributed by atoms with E-state index in [0.29, 0.717) is 31.5 Å². The Kier molecular flexibility index (Phi) is 4.31. The number of aromatic nitrogens is 1. The van der Waals surface area contributed by atoms with Crippen LogP contribution in [-0.4, -0.2) is 28.6 Å².